The molecule has 2 heterocycles. The van der Waals surface area contributed by atoms with E-state index in [-0.39, 0.29) is 0 Å². The largest absolute Gasteiger partial charge is 0.508 e. The molecular formula is C17H25N3O2. The third kappa shape index (κ3) is 3.71. The van der Waals surface area contributed by atoms with Gasteiger partial charge < -0.3 is 20.2 Å². The number of nitrogens with zero attached hydrogens (tertiary/aromatic N) is 2. The van der Waals surface area contributed by atoms with Crippen LogP contribution in [-0.2, 0) is 4.79 Å². The molecule has 5 heteroatoms. The molecule has 0 saturated carbocycles. The Balaban J connectivity index is 1.48. The molecule has 0 bridgehead atoms. The summed E-state index contributed by atoms with van der Waals surface area (Å²) in [6.45, 7) is 5.42. The van der Waals surface area contributed by atoms with E-state index in [1.54, 1.807) is 12.1 Å². The molecule has 2 aliphatic heterocycles. The van der Waals surface area contributed by atoms with Crippen molar-refractivity contribution in [1.29, 1.82) is 0 Å². The monoisotopic (exact) mass is 303 g/mol. The number of hydrogen-bond donors (Lipinski definition) is 2. The molecule has 2 aliphatic rings. The number of hydrogen-bond acceptors (Lipinski definition) is 4. The van der Waals surface area contributed by atoms with E-state index in [1.807, 2.05) is 17.0 Å². The Kier molecular flexibility index (Phi) is 4.83. The van der Waals surface area contributed by atoms with Gasteiger partial charge in [-0.3, -0.25) is 4.79 Å². The van der Waals surface area contributed by atoms with Crippen LogP contribution in [0.3, 0.4) is 0 Å². The van der Waals surface area contributed by atoms with Gasteiger partial charge >= 0.3 is 0 Å². The van der Waals surface area contributed by atoms with Gasteiger partial charge in [0.05, 0.1) is 0 Å². The van der Waals surface area contributed by atoms with Gasteiger partial charge in [-0.15, -0.1) is 0 Å². The summed E-state index contributed by atoms with van der Waals surface area (Å²) in [4.78, 5) is 16.7. The molecule has 0 aromatic heterocycles. The lowest BCUT2D eigenvalue weighted by Crippen LogP contribution is -2.49. The molecule has 5 nitrogen and oxygen atoms in total. The van der Waals surface area contributed by atoms with Crippen LogP contribution < -0.4 is 10.2 Å². The van der Waals surface area contributed by atoms with Gasteiger partial charge in [0.25, 0.3) is 0 Å². The Morgan fingerprint density at radius 1 is 1.09 bits per heavy atom. The Bertz CT molecular complexity index is 489. The predicted octanol–water partition coefficient (Wildman–Crippen LogP) is 1.43. The molecule has 2 N–H and O–H groups in total. The fourth-order valence-electron chi connectivity index (χ4n) is 3.34. The first-order valence-electron chi connectivity index (χ1n) is 8.25. The van der Waals surface area contributed by atoms with Crippen LogP contribution in [-0.4, -0.2) is 55.2 Å². The lowest BCUT2D eigenvalue weighted by atomic mass is 9.94. The number of piperazine rings is 1. The summed E-state index contributed by atoms with van der Waals surface area (Å²) in [5.74, 6) is 1.17. The number of anilines is 1. The third-order valence-electron chi connectivity index (χ3n) is 4.77. The number of carbonyl (C=O) groups is 1. The van der Waals surface area contributed by atoms with E-state index in [4.69, 9.17) is 0 Å². The number of piperidine rings is 1. The zero-order valence-corrected chi connectivity index (χ0v) is 13.0. The predicted molar refractivity (Wildman–Crippen MR) is 87.1 cm³/mol. The van der Waals surface area contributed by atoms with Gasteiger partial charge in [-0.1, -0.05) is 0 Å². The van der Waals surface area contributed by atoms with Crippen molar-refractivity contribution in [3.05, 3.63) is 24.3 Å². The van der Waals surface area contributed by atoms with E-state index in [9.17, 15) is 9.90 Å². The van der Waals surface area contributed by atoms with E-state index >= 15 is 0 Å². The summed E-state index contributed by atoms with van der Waals surface area (Å²) >= 11 is 0. The average molecular weight is 303 g/mol. The average Bonchev–Trinajstić information content (AvgIpc) is 2.57. The highest BCUT2D eigenvalue weighted by Crippen LogP contribution is 2.21. The highest BCUT2D eigenvalue weighted by atomic mass is 16.3. The lowest BCUT2D eigenvalue weighted by molar-refractivity contribution is -0.132. The van der Waals surface area contributed by atoms with Crippen LogP contribution in [0.5, 0.6) is 5.75 Å². The normalized spacial score (nSPS) is 20.2. The lowest BCUT2D eigenvalue weighted by Gasteiger charge is -2.37. The molecular weight excluding hydrogens is 278 g/mol. The SMILES string of the molecule is O=C(CC1CCNCC1)N1CCN(c2ccc(O)cc2)CC1. The van der Waals surface area contributed by atoms with Gasteiger partial charge in [0.1, 0.15) is 5.75 Å². The summed E-state index contributed by atoms with van der Waals surface area (Å²) < 4.78 is 0. The van der Waals surface area contributed by atoms with Crippen molar-refractivity contribution in [2.24, 2.45) is 5.92 Å². The number of amides is 1. The standard InChI is InChI=1S/C17H25N3O2/c21-16-3-1-15(2-4-16)19-9-11-20(12-10-19)17(22)13-14-5-7-18-8-6-14/h1-4,14,18,21H,5-13H2. The molecule has 0 radical (unpaired) electrons. The van der Waals surface area contributed by atoms with E-state index in [0.717, 1.165) is 57.8 Å². The first kappa shape index (κ1) is 15.2. The second-order valence-electron chi connectivity index (χ2n) is 6.28. The minimum atomic E-state index is 0.291. The molecule has 0 aliphatic carbocycles. The number of aromatic hydroxyl groups is 1. The van der Waals surface area contributed by atoms with Gasteiger partial charge in [0.2, 0.25) is 5.91 Å². The summed E-state index contributed by atoms with van der Waals surface area (Å²) in [7, 11) is 0. The van der Waals surface area contributed by atoms with Gasteiger partial charge in [-0.25, -0.2) is 0 Å². The van der Waals surface area contributed by atoms with Crippen molar-refractivity contribution in [2.75, 3.05) is 44.2 Å². The Hall–Kier alpha value is -1.75. The van der Waals surface area contributed by atoms with Crippen LogP contribution in [0.4, 0.5) is 5.69 Å². The van der Waals surface area contributed by atoms with E-state index in [1.165, 1.54) is 0 Å². The number of phenolic OH excluding ortho intramolecular Hbond substituents is 1. The fourth-order valence-corrected chi connectivity index (χ4v) is 3.34. The molecule has 1 amide bonds. The van der Waals surface area contributed by atoms with Crippen LogP contribution in [0.15, 0.2) is 24.3 Å². The molecule has 1 aromatic rings. The topological polar surface area (TPSA) is 55.8 Å². The van der Waals surface area contributed by atoms with Gasteiger partial charge in [-0.2, -0.15) is 0 Å². The third-order valence-corrected chi connectivity index (χ3v) is 4.77. The van der Waals surface area contributed by atoms with Gasteiger partial charge in [-0.05, 0) is 56.1 Å². The molecule has 3 rings (SSSR count). The Labute approximate surface area is 131 Å². The number of carbonyl (C=O) groups excluding carboxylic acids is 1. The number of nitrogens with one attached hydrogen (secondary N) is 1. The quantitative estimate of drug-likeness (QED) is 0.887. The van der Waals surface area contributed by atoms with E-state index in [2.05, 4.69) is 10.2 Å². The number of rotatable bonds is 3. The van der Waals surface area contributed by atoms with Crippen LogP contribution >= 0.6 is 0 Å². The van der Waals surface area contributed by atoms with Crippen molar-refractivity contribution in [3.63, 3.8) is 0 Å². The molecule has 120 valence electrons. The molecule has 1 aromatic carbocycles. The van der Waals surface area contributed by atoms with Crippen LogP contribution in [0.1, 0.15) is 19.3 Å². The van der Waals surface area contributed by atoms with Crippen molar-refractivity contribution < 1.29 is 9.90 Å². The summed E-state index contributed by atoms with van der Waals surface area (Å²) in [5.41, 5.74) is 1.11. The van der Waals surface area contributed by atoms with Crippen molar-refractivity contribution >= 4 is 11.6 Å². The number of phenols is 1. The van der Waals surface area contributed by atoms with Crippen LogP contribution in [0.25, 0.3) is 0 Å². The molecule has 2 fully saturated rings. The van der Waals surface area contributed by atoms with Gasteiger partial charge in [0, 0.05) is 38.3 Å². The van der Waals surface area contributed by atoms with Crippen molar-refractivity contribution in [1.82, 2.24) is 10.2 Å². The Morgan fingerprint density at radius 2 is 1.73 bits per heavy atom. The first-order valence-corrected chi connectivity index (χ1v) is 8.25. The van der Waals surface area contributed by atoms with Crippen molar-refractivity contribution in [2.45, 2.75) is 19.3 Å². The maximum Gasteiger partial charge on any atom is 0.222 e. The van der Waals surface area contributed by atoms with E-state index < -0.39 is 0 Å². The van der Waals surface area contributed by atoms with E-state index in [0.29, 0.717) is 24.0 Å². The smallest absolute Gasteiger partial charge is 0.222 e. The van der Waals surface area contributed by atoms with Crippen LogP contribution in [0.2, 0.25) is 0 Å². The maximum atomic E-state index is 12.4. The highest BCUT2D eigenvalue weighted by molar-refractivity contribution is 5.76. The summed E-state index contributed by atoms with van der Waals surface area (Å²) in [6.07, 6.45) is 2.96. The van der Waals surface area contributed by atoms with Crippen LogP contribution in [0, 0.1) is 5.92 Å². The minimum Gasteiger partial charge on any atom is -0.508 e. The molecule has 0 atom stereocenters. The molecule has 0 unspecified atom stereocenters. The minimum absolute atomic E-state index is 0.291. The first-order chi connectivity index (χ1) is 10.7. The highest BCUT2D eigenvalue weighted by Gasteiger charge is 2.24. The zero-order chi connectivity index (χ0) is 15.4. The summed E-state index contributed by atoms with van der Waals surface area (Å²) in [5, 5.41) is 12.7. The maximum absolute atomic E-state index is 12.4. The summed E-state index contributed by atoms with van der Waals surface area (Å²) in [6, 6.07) is 7.29. The second-order valence-corrected chi connectivity index (χ2v) is 6.28. The van der Waals surface area contributed by atoms with Gasteiger partial charge in [0.15, 0.2) is 0 Å². The van der Waals surface area contributed by atoms with Crippen molar-refractivity contribution in [3.8, 4) is 5.75 Å². The molecule has 0 spiro atoms. The molecule has 2 saturated heterocycles. The molecule has 22 heavy (non-hydrogen) atoms. The fraction of sp³-hybridized carbons (Fsp3) is 0.588. The number of benzene rings is 1. The second kappa shape index (κ2) is 7.01. The Morgan fingerprint density at radius 3 is 2.36 bits per heavy atom. The zero-order valence-electron chi connectivity index (χ0n) is 13.0.